The van der Waals surface area contributed by atoms with E-state index in [1.54, 1.807) is 19.1 Å². The van der Waals surface area contributed by atoms with Crippen LogP contribution in [-0.2, 0) is 12.7 Å². The predicted molar refractivity (Wildman–Crippen MR) is 76.0 cm³/mol. The molecule has 23 heavy (non-hydrogen) atoms. The van der Waals surface area contributed by atoms with Gasteiger partial charge in [-0.05, 0) is 17.7 Å². The molecule has 2 N–H and O–H groups in total. The maximum absolute atomic E-state index is 12.5. The number of rotatable bonds is 3. The van der Waals surface area contributed by atoms with Crippen molar-refractivity contribution in [1.29, 1.82) is 0 Å². The van der Waals surface area contributed by atoms with Gasteiger partial charge in [-0.3, -0.25) is 0 Å². The van der Waals surface area contributed by atoms with Crippen LogP contribution in [0.1, 0.15) is 17.0 Å². The number of aryl methyl sites for hydroxylation is 1. The molecule has 0 fully saturated rings. The number of nitrogens with two attached hydrogens (primary N) is 1. The topological polar surface area (TPSA) is 74.2 Å². The van der Waals surface area contributed by atoms with E-state index in [0.29, 0.717) is 28.9 Å². The third-order valence-electron chi connectivity index (χ3n) is 3.20. The zero-order valence-electron chi connectivity index (χ0n) is 12.0. The van der Waals surface area contributed by atoms with Gasteiger partial charge in [0.25, 0.3) is 0 Å². The van der Waals surface area contributed by atoms with Gasteiger partial charge in [0.2, 0.25) is 5.88 Å². The van der Waals surface area contributed by atoms with Crippen LogP contribution in [-0.4, -0.2) is 9.97 Å². The Labute approximate surface area is 128 Å². The molecule has 2 heterocycles. The van der Waals surface area contributed by atoms with Crippen LogP contribution >= 0.6 is 0 Å². The number of pyridine rings is 1. The zero-order valence-corrected chi connectivity index (χ0v) is 12.0. The van der Waals surface area contributed by atoms with E-state index in [1.165, 1.54) is 0 Å². The standard InChI is InChI=1S/C15H12F3N3O2/c1-8-21-13-9(6-19)2-4-11(14(13)22-8)23-12-5-3-10(7-20-12)15(16,17)18/h2-5,7H,6,19H2,1H3. The average molecular weight is 323 g/mol. The lowest BCUT2D eigenvalue weighted by atomic mass is 10.2. The molecular formula is C15H12F3N3O2. The molecular weight excluding hydrogens is 311 g/mol. The first-order valence-corrected chi connectivity index (χ1v) is 6.68. The van der Waals surface area contributed by atoms with E-state index in [4.69, 9.17) is 14.9 Å². The van der Waals surface area contributed by atoms with Crippen LogP contribution in [0.2, 0.25) is 0 Å². The second-order valence-corrected chi connectivity index (χ2v) is 4.82. The minimum atomic E-state index is -4.44. The Bertz CT molecular complexity index is 842. The molecule has 0 aliphatic heterocycles. The average Bonchev–Trinajstić information content (AvgIpc) is 2.89. The molecule has 0 radical (unpaired) electrons. The predicted octanol–water partition coefficient (Wildman–Crippen LogP) is 3.80. The molecule has 1 aromatic carbocycles. The zero-order chi connectivity index (χ0) is 16.6. The lowest BCUT2D eigenvalue weighted by molar-refractivity contribution is -0.137. The molecule has 0 bridgehead atoms. The fourth-order valence-corrected chi connectivity index (χ4v) is 2.11. The Balaban J connectivity index is 1.96. The molecule has 2 aromatic heterocycles. The molecule has 0 atom stereocenters. The van der Waals surface area contributed by atoms with E-state index in [0.717, 1.165) is 17.7 Å². The largest absolute Gasteiger partial charge is 0.437 e. The SMILES string of the molecule is Cc1nc2c(CN)ccc(Oc3ccc(C(F)(F)F)cn3)c2o1. The molecule has 3 aromatic rings. The van der Waals surface area contributed by atoms with Gasteiger partial charge in [-0.25, -0.2) is 9.97 Å². The van der Waals surface area contributed by atoms with E-state index in [9.17, 15) is 13.2 Å². The summed E-state index contributed by atoms with van der Waals surface area (Å²) in [6, 6.07) is 5.40. The minimum Gasteiger partial charge on any atom is -0.437 e. The number of benzene rings is 1. The molecule has 0 spiro atoms. The highest BCUT2D eigenvalue weighted by Crippen LogP contribution is 2.33. The van der Waals surface area contributed by atoms with E-state index in [2.05, 4.69) is 9.97 Å². The molecule has 120 valence electrons. The van der Waals surface area contributed by atoms with Crippen molar-refractivity contribution in [2.45, 2.75) is 19.6 Å². The van der Waals surface area contributed by atoms with Crippen LogP contribution in [0.3, 0.4) is 0 Å². The lowest BCUT2D eigenvalue weighted by Crippen LogP contribution is -2.05. The molecule has 0 saturated carbocycles. The normalized spacial score (nSPS) is 11.9. The van der Waals surface area contributed by atoms with Crippen LogP contribution in [0.25, 0.3) is 11.1 Å². The Hall–Kier alpha value is -2.61. The number of hydrogen-bond acceptors (Lipinski definition) is 5. The molecule has 3 rings (SSSR count). The molecule has 8 heteroatoms. The Kier molecular flexibility index (Phi) is 3.69. The monoisotopic (exact) mass is 323 g/mol. The molecule has 0 unspecified atom stereocenters. The molecule has 0 saturated heterocycles. The maximum atomic E-state index is 12.5. The van der Waals surface area contributed by atoms with Crippen LogP contribution in [0.4, 0.5) is 13.2 Å². The summed E-state index contributed by atoms with van der Waals surface area (Å²) in [5.41, 5.74) is 6.53. The number of halogens is 3. The summed E-state index contributed by atoms with van der Waals surface area (Å²) >= 11 is 0. The summed E-state index contributed by atoms with van der Waals surface area (Å²) in [5.74, 6) is 0.769. The van der Waals surface area contributed by atoms with Crippen molar-refractivity contribution in [2.24, 2.45) is 5.73 Å². The van der Waals surface area contributed by atoms with Gasteiger partial charge in [0.05, 0.1) is 5.56 Å². The van der Waals surface area contributed by atoms with Crippen molar-refractivity contribution in [3.8, 4) is 11.6 Å². The van der Waals surface area contributed by atoms with Crippen LogP contribution in [0.15, 0.2) is 34.9 Å². The van der Waals surface area contributed by atoms with Crippen molar-refractivity contribution < 1.29 is 22.3 Å². The highest BCUT2D eigenvalue weighted by molar-refractivity contribution is 5.83. The van der Waals surface area contributed by atoms with Crippen molar-refractivity contribution in [1.82, 2.24) is 9.97 Å². The molecule has 0 aliphatic carbocycles. The summed E-state index contributed by atoms with van der Waals surface area (Å²) in [7, 11) is 0. The minimum absolute atomic E-state index is 0.0221. The summed E-state index contributed by atoms with van der Waals surface area (Å²) in [6.07, 6.45) is -3.73. The number of aromatic nitrogens is 2. The first-order valence-electron chi connectivity index (χ1n) is 6.68. The van der Waals surface area contributed by atoms with E-state index in [-0.39, 0.29) is 12.4 Å². The fraction of sp³-hybridized carbons (Fsp3) is 0.200. The number of fused-ring (bicyclic) bond motifs is 1. The van der Waals surface area contributed by atoms with Crippen LogP contribution < -0.4 is 10.5 Å². The van der Waals surface area contributed by atoms with Gasteiger partial charge in [-0.1, -0.05) is 6.07 Å². The van der Waals surface area contributed by atoms with Crippen LogP contribution in [0, 0.1) is 6.92 Å². The van der Waals surface area contributed by atoms with E-state index in [1.807, 2.05) is 0 Å². The van der Waals surface area contributed by atoms with Crippen molar-refractivity contribution in [3.63, 3.8) is 0 Å². The van der Waals surface area contributed by atoms with Gasteiger partial charge >= 0.3 is 6.18 Å². The quantitative estimate of drug-likeness (QED) is 0.793. The first-order chi connectivity index (χ1) is 10.9. The van der Waals surface area contributed by atoms with Gasteiger partial charge in [0, 0.05) is 25.7 Å². The maximum Gasteiger partial charge on any atom is 0.417 e. The number of ether oxygens (including phenoxy) is 1. The third-order valence-corrected chi connectivity index (χ3v) is 3.20. The molecule has 5 nitrogen and oxygen atoms in total. The lowest BCUT2D eigenvalue weighted by Gasteiger charge is -2.08. The smallest absolute Gasteiger partial charge is 0.417 e. The van der Waals surface area contributed by atoms with Gasteiger partial charge < -0.3 is 14.9 Å². The van der Waals surface area contributed by atoms with Gasteiger partial charge in [0.1, 0.15) is 5.52 Å². The highest BCUT2D eigenvalue weighted by Gasteiger charge is 2.30. The van der Waals surface area contributed by atoms with E-state index < -0.39 is 11.7 Å². The van der Waals surface area contributed by atoms with Crippen molar-refractivity contribution >= 4 is 11.1 Å². The number of oxazole rings is 1. The van der Waals surface area contributed by atoms with Gasteiger partial charge in [-0.2, -0.15) is 13.2 Å². The Morgan fingerprint density at radius 3 is 2.61 bits per heavy atom. The van der Waals surface area contributed by atoms with Crippen molar-refractivity contribution in [3.05, 3.63) is 47.5 Å². The summed E-state index contributed by atoms with van der Waals surface area (Å²) in [6.45, 7) is 1.96. The molecule has 0 aliphatic rings. The second kappa shape index (κ2) is 5.54. The Morgan fingerprint density at radius 2 is 2.00 bits per heavy atom. The number of hydrogen-bond donors (Lipinski definition) is 1. The molecule has 0 amide bonds. The first kappa shape index (κ1) is 15.3. The summed E-state index contributed by atoms with van der Waals surface area (Å²) < 4.78 is 48.6. The second-order valence-electron chi connectivity index (χ2n) is 4.82. The van der Waals surface area contributed by atoms with Gasteiger partial charge in [-0.15, -0.1) is 0 Å². The Morgan fingerprint density at radius 1 is 1.22 bits per heavy atom. The van der Waals surface area contributed by atoms with E-state index >= 15 is 0 Å². The summed E-state index contributed by atoms with van der Waals surface area (Å²) in [4.78, 5) is 7.90. The van der Waals surface area contributed by atoms with Gasteiger partial charge in [0.15, 0.2) is 17.2 Å². The number of nitrogens with zero attached hydrogens (tertiary/aromatic N) is 2. The van der Waals surface area contributed by atoms with Crippen LogP contribution in [0.5, 0.6) is 11.6 Å². The van der Waals surface area contributed by atoms with Crippen molar-refractivity contribution in [2.75, 3.05) is 0 Å². The number of alkyl halides is 3. The third kappa shape index (κ3) is 2.98. The highest BCUT2D eigenvalue weighted by atomic mass is 19.4. The fourth-order valence-electron chi connectivity index (χ4n) is 2.11. The summed E-state index contributed by atoms with van der Waals surface area (Å²) in [5, 5.41) is 0.